The zero-order valence-electron chi connectivity index (χ0n) is 20.0. The van der Waals surface area contributed by atoms with Gasteiger partial charge in [0, 0.05) is 29.9 Å². The first-order chi connectivity index (χ1) is 16.3. The third-order valence-corrected chi connectivity index (χ3v) is 7.22. The molecule has 1 aromatic carbocycles. The minimum Gasteiger partial charge on any atom is -0.348 e. The molecule has 4 rings (SSSR count). The number of rotatable bonds is 6. The van der Waals surface area contributed by atoms with Crippen molar-refractivity contribution in [2.24, 2.45) is 0 Å². The standard InChI is InChI=1S/C28H31N3O2S/c1-28(2,3)21-13-10-19(11-14-21)12-15-24(32)31-27-25(22-8-4-5-9-23(22)34-27)26(33)30-18-20-7-6-16-29-17-20/h6-7,10-17H,4-5,8-9,18H2,1-3H3,(H,30,33)(H,31,32)/b15-12+. The van der Waals surface area contributed by atoms with Crippen LogP contribution >= 0.6 is 11.3 Å². The smallest absolute Gasteiger partial charge is 0.254 e. The minimum absolute atomic E-state index is 0.0892. The van der Waals surface area contributed by atoms with Crippen molar-refractivity contribution in [3.05, 3.63) is 87.6 Å². The average Bonchev–Trinajstić information content (AvgIpc) is 3.19. The van der Waals surface area contributed by atoms with Crippen molar-refractivity contribution in [3.63, 3.8) is 0 Å². The number of pyridine rings is 1. The molecular weight excluding hydrogens is 442 g/mol. The lowest BCUT2D eigenvalue weighted by Gasteiger charge is -2.18. The van der Waals surface area contributed by atoms with E-state index < -0.39 is 0 Å². The number of benzene rings is 1. The van der Waals surface area contributed by atoms with Crippen LogP contribution in [0, 0.1) is 0 Å². The summed E-state index contributed by atoms with van der Waals surface area (Å²) in [5.74, 6) is -0.389. The number of aromatic nitrogens is 1. The number of hydrogen-bond acceptors (Lipinski definition) is 4. The zero-order chi connectivity index (χ0) is 24.1. The lowest BCUT2D eigenvalue weighted by Crippen LogP contribution is -2.25. The molecule has 2 N–H and O–H groups in total. The highest BCUT2D eigenvalue weighted by molar-refractivity contribution is 7.17. The van der Waals surface area contributed by atoms with E-state index in [1.807, 2.05) is 24.3 Å². The maximum Gasteiger partial charge on any atom is 0.254 e. The van der Waals surface area contributed by atoms with Gasteiger partial charge in [0.25, 0.3) is 5.91 Å². The molecule has 0 spiro atoms. The predicted molar refractivity (Wildman–Crippen MR) is 139 cm³/mol. The van der Waals surface area contributed by atoms with E-state index in [9.17, 15) is 9.59 Å². The number of nitrogens with one attached hydrogen (secondary N) is 2. The molecule has 0 saturated carbocycles. The van der Waals surface area contributed by atoms with Gasteiger partial charge in [-0.25, -0.2) is 0 Å². The van der Waals surface area contributed by atoms with Crippen LogP contribution in [-0.2, 0) is 29.6 Å². The number of nitrogens with zero attached hydrogens (tertiary/aromatic N) is 1. The van der Waals surface area contributed by atoms with E-state index in [1.54, 1.807) is 18.5 Å². The lowest BCUT2D eigenvalue weighted by molar-refractivity contribution is -0.111. The Morgan fingerprint density at radius 2 is 1.85 bits per heavy atom. The molecule has 2 aromatic heterocycles. The number of aryl methyl sites for hydroxylation is 1. The first-order valence-electron chi connectivity index (χ1n) is 11.7. The Hall–Kier alpha value is -3.25. The molecular formula is C28H31N3O2S. The van der Waals surface area contributed by atoms with Gasteiger partial charge >= 0.3 is 0 Å². The molecule has 0 bridgehead atoms. The Morgan fingerprint density at radius 3 is 2.56 bits per heavy atom. The van der Waals surface area contributed by atoms with Crippen molar-refractivity contribution in [2.45, 2.75) is 58.4 Å². The highest BCUT2D eigenvalue weighted by Gasteiger charge is 2.26. The van der Waals surface area contributed by atoms with Crippen molar-refractivity contribution in [1.29, 1.82) is 0 Å². The molecule has 2 heterocycles. The van der Waals surface area contributed by atoms with Gasteiger partial charge in [-0.2, -0.15) is 0 Å². The fraction of sp³-hybridized carbons (Fsp3) is 0.321. The SMILES string of the molecule is CC(C)(C)c1ccc(/C=C/C(=O)Nc2sc3c(c2C(=O)NCc2cccnc2)CCCC3)cc1. The fourth-order valence-electron chi connectivity index (χ4n) is 4.09. The number of hydrogen-bond donors (Lipinski definition) is 2. The number of thiophene rings is 1. The van der Waals surface area contributed by atoms with Crippen LogP contribution in [0.1, 0.15) is 71.1 Å². The van der Waals surface area contributed by atoms with E-state index >= 15 is 0 Å². The average molecular weight is 474 g/mol. The van der Waals surface area contributed by atoms with Gasteiger partial charge < -0.3 is 10.6 Å². The second kappa shape index (κ2) is 10.3. The van der Waals surface area contributed by atoms with E-state index in [4.69, 9.17) is 0 Å². The van der Waals surface area contributed by atoms with Gasteiger partial charge in [0.05, 0.1) is 5.56 Å². The molecule has 2 amide bonds. The summed E-state index contributed by atoms with van der Waals surface area (Å²) in [4.78, 5) is 31.2. The van der Waals surface area contributed by atoms with Crippen molar-refractivity contribution < 1.29 is 9.59 Å². The molecule has 176 valence electrons. The third-order valence-electron chi connectivity index (χ3n) is 6.01. The summed E-state index contributed by atoms with van der Waals surface area (Å²) in [7, 11) is 0. The molecule has 3 aromatic rings. The van der Waals surface area contributed by atoms with E-state index in [2.05, 4.69) is 48.5 Å². The molecule has 0 aliphatic heterocycles. The summed E-state index contributed by atoms with van der Waals surface area (Å²) in [5.41, 5.74) is 4.93. The number of fused-ring (bicyclic) bond motifs is 1. The van der Waals surface area contributed by atoms with Crippen LogP contribution in [0.3, 0.4) is 0 Å². The van der Waals surface area contributed by atoms with Gasteiger partial charge in [-0.1, -0.05) is 51.1 Å². The summed E-state index contributed by atoms with van der Waals surface area (Å²) >= 11 is 1.53. The van der Waals surface area contributed by atoms with Crippen molar-refractivity contribution in [2.75, 3.05) is 5.32 Å². The van der Waals surface area contributed by atoms with Crippen LogP contribution in [-0.4, -0.2) is 16.8 Å². The van der Waals surface area contributed by atoms with E-state index in [1.165, 1.54) is 27.9 Å². The molecule has 0 radical (unpaired) electrons. The third kappa shape index (κ3) is 5.81. The summed E-state index contributed by atoms with van der Waals surface area (Å²) in [6, 6.07) is 12.0. The van der Waals surface area contributed by atoms with E-state index in [0.29, 0.717) is 17.1 Å². The second-order valence-corrected chi connectivity index (χ2v) is 10.8. The van der Waals surface area contributed by atoms with Crippen molar-refractivity contribution in [1.82, 2.24) is 10.3 Å². The van der Waals surface area contributed by atoms with E-state index in [0.717, 1.165) is 42.4 Å². The first-order valence-corrected chi connectivity index (χ1v) is 12.5. The van der Waals surface area contributed by atoms with Gasteiger partial charge in [0.15, 0.2) is 0 Å². The Kier molecular flexibility index (Phi) is 7.27. The van der Waals surface area contributed by atoms with Gasteiger partial charge in [-0.3, -0.25) is 14.6 Å². The Morgan fingerprint density at radius 1 is 1.09 bits per heavy atom. The molecule has 0 atom stereocenters. The highest BCUT2D eigenvalue weighted by Crippen LogP contribution is 2.38. The molecule has 1 aliphatic rings. The van der Waals surface area contributed by atoms with Gasteiger partial charge in [0.2, 0.25) is 5.91 Å². The molecule has 5 nitrogen and oxygen atoms in total. The molecule has 6 heteroatoms. The Labute approximate surface area is 205 Å². The normalized spacial score (nSPS) is 13.5. The monoisotopic (exact) mass is 473 g/mol. The molecule has 0 saturated heterocycles. The van der Waals surface area contributed by atoms with Crippen LogP contribution in [0.15, 0.2) is 54.9 Å². The summed E-state index contributed by atoms with van der Waals surface area (Å²) < 4.78 is 0. The molecule has 1 aliphatic carbocycles. The van der Waals surface area contributed by atoms with Gasteiger partial charge in [0.1, 0.15) is 5.00 Å². The first kappa shape index (κ1) is 23.9. The maximum atomic E-state index is 13.2. The topological polar surface area (TPSA) is 71.1 Å². The highest BCUT2D eigenvalue weighted by atomic mass is 32.1. The van der Waals surface area contributed by atoms with Crippen LogP contribution in [0.5, 0.6) is 0 Å². The number of anilines is 1. The van der Waals surface area contributed by atoms with Crippen LogP contribution < -0.4 is 10.6 Å². The zero-order valence-corrected chi connectivity index (χ0v) is 20.8. The van der Waals surface area contributed by atoms with Crippen molar-refractivity contribution in [3.8, 4) is 0 Å². The number of carbonyl (C=O) groups is 2. The van der Waals surface area contributed by atoms with Crippen LogP contribution in [0.4, 0.5) is 5.00 Å². The molecule has 34 heavy (non-hydrogen) atoms. The number of carbonyl (C=O) groups excluding carboxylic acids is 2. The quantitative estimate of drug-likeness (QED) is 0.438. The Balaban J connectivity index is 1.48. The summed E-state index contributed by atoms with van der Waals surface area (Å²) in [6.45, 7) is 6.93. The largest absolute Gasteiger partial charge is 0.348 e. The fourth-order valence-corrected chi connectivity index (χ4v) is 5.38. The van der Waals surface area contributed by atoms with Gasteiger partial charge in [-0.05, 0) is 65.5 Å². The molecule has 0 fully saturated rings. The van der Waals surface area contributed by atoms with E-state index in [-0.39, 0.29) is 17.2 Å². The Bertz CT molecular complexity index is 1190. The minimum atomic E-state index is -0.236. The van der Waals surface area contributed by atoms with Crippen LogP contribution in [0.2, 0.25) is 0 Å². The summed E-state index contributed by atoms with van der Waals surface area (Å²) in [5, 5.41) is 6.60. The number of amides is 2. The predicted octanol–water partition coefficient (Wildman–Crippen LogP) is 5.90. The van der Waals surface area contributed by atoms with Gasteiger partial charge in [-0.15, -0.1) is 11.3 Å². The van der Waals surface area contributed by atoms with Crippen LogP contribution in [0.25, 0.3) is 6.08 Å². The summed E-state index contributed by atoms with van der Waals surface area (Å²) in [6.07, 6.45) is 10.8. The molecule has 0 unspecified atom stereocenters. The maximum absolute atomic E-state index is 13.2. The lowest BCUT2D eigenvalue weighted by atomic mass is 9.87. The second-order valence-electron chi connectivity index (χ2n) is 9.65. The van der Waals surface area contributed by atoms with Crippen molar-refractivity contribution >= 4 is 34.2 Å².